The molecular weight excluding hydrogens is 338 g/mol. The Hall–Kier alpha value is -3.08. The molecule has 1 aromatic heterocycles. The lowest BCUT2D eigenvalue weighted by Gasteiger charge is -2.35. The molecule has 5 heteroatoms. The van der Waals surface area contributed by atoms with Crippen molar-refractivity contribution >= 4 is 22.6 Å². The second-order valence-electron chi connectivity index (χ2n) is 6.83. The van der Waals surface area contributed by atoms with Gasteiger partial charge in [0.2, 0.25) is 0 Å². The molecule has 1 saturated heterocycles. The summed E-state index contributed by atoms with van der Waals surface area (Å²) in [5, 5.41) is 1.14. The van der Waals surface area contributed by atoms with Crippen LogP contribution in [0.1, 0.15) is 5.56 Å². The Morgan fingerprint density at radius 3 is 2.48 bits per heavy atom. The van der Waals surface area contributed by atoms with Crippen LogP contribution >= 0.6 is 0 Å². The number of nitrogens with zero attached hydrogens (tertiary/aromatic N) is 3. The van der Waals surface area contributed by atoms with Crippen LogP contribution in [-0.4, -0.2) is 48.6 Å². The van der Waals surface area contributed by atoms with E-state index in [-0.39, 0.29) is 12.5 Å². The van der Waals surface area contributed by atoms with Crippen LogP contribution < -0.4 is 9.64 Å². The highest BCUT2D eigenvalue weighted by Crippen LogP contribution is 2.19. The van der Waals surface area contributed by atoms with Gasteiger partial charge in [-0.2, -0.15) is 0 Å². The Morgan fingerprint density at radius 1 is 0.963 bits per heavy atom. The summed E-state index contributed by atoms with van der Waals surface area (Å²) >= 11 is 0. The number of ether oxygens (including phenoxy) is 1. The maximum Gasteiger partial charge on any atom is 0.260 e. The molecule has 1 aliphatic rings. The fraction of sp³-hybridized carbons (Fsp3) is 0.273. The van der Waals surface area contributed by atoms with Gasteiger partial charge in [0.25, 0.3) is 5.91 Å². The molecule has 5 nitrogen and oxygen atoms in total. The highest BCUT2D eigenvalue weighted by molar-refractivity contribution is 5.80. The number of hydrogen-bond donors (Lipinski definition) is 0. The largest absolute Gasteiger partial charge is 0.484 e. The predicted octanol–water partition coefficient (Wildman–Crippen LogP) is 3.27. The smallest absolute Gasteiger partial charge is 0.260 e. The first-order chi connectivity index (χ1) is 13.2. The van der Waals surface area contributed by atoms with Crippen LogP contribution in [0.5, 0.6) is 5.75 Å². The molecule has 0 unspecified atom stereocenters. The molecule has 1 amide bonds. The normalized spacial score (nSPS) is 14.4. The van der Waals surface area contributed by atoms with Crippen LogP contribution in [0, 0.1) is 6.92 Å². The van der Waals surface area contributed by atoms with E-state index in [9.17, 15) is 4.79 Å². The molecule has 2 heterocycles. The molecule has 0 aliphatic carbocycles. The minimum Gasteiger partial charge on any atom is -0.484 e. The van der Waals surface area contributed by atoms with Crippen molar-refractivity contribution in [1.82, 2.24) is 9.88 Å². The van der Waals surface area contributed by atoms with E-state index in [4.69, 9.17) is 9.72 Å². The number of anilines is 1. The lowest BCUT2D eigenvalue weighted by Crippen LogP contribution is -2.50. The van der Waals surface area contributed by atoms with Gasteiger partial charge in [-0.15, -0.1) is 0 Å². The number of benzene rings is 2. The van der Waals surface area contributed by atoms with E-state index in [0.717, 1.165) is 35.6 Å². The topological polar surface area (TPSA) is 45.7 Å². The van der Waals surface area contributed by atoms with Gasteiger partial charge in [0, 0.05) is 31.6 Å². The average Bonchev–Trinajstić information content (AvgIpc) is 2.73. The first-order valence-electron chi connectivity index (χ1n) is 9.27. The van der Waals surface area contributed by atoms with Gasteiger partial charge in [-0.05, 0) is 37.3 Å². The van der Waals surface area contributed by atoms with Gasteiger partial charge in [-0.1, -0.05) is 35.9 Å². The van der Waals surface area contributed by atoms with E-state index in [1.165, 1.54) is 5.56 Å². The van der Waals surface area contributed by atoms with Gasteiger partial charge < -0.3 is 14.5 Å². The van der Waals surface area contributed by atoms with E-state index in [1.54, 1.807) is 0 Å². The molecule has 0 saturated carbocycles. The minimum absolute atomic E-state index is 0.0293. The highest BCUT2D eigenvalue weighted by Gasteiger charge is 2.22. The molecule has 27 heavy (non-hydrogen) atoms. The molecule has 1 aliphatic heterocycles. The number of carbonyl (C=O) groups excluding carboxylic acids is 1. The number of carbonyl (C=O) groups is 1. The minimum atomic E-state index is 0.0293. The molecule has 0 bridgehead atoms. The van der Waals surface area contributed by atoms with Crippen molar-refractivity contribution in [3.8, 4) is 5.75 Å². The molecule has 4 rings (SSSR count). The van der Waals surface area contributed by atoms with Gasteiger partial charge in [-0.25, -0.2) is 4.98 Å². The summed E-state index contributed by atoms with van der Waals surface area (Å²) in [7, 11) is 0. The number of hydrogen-bond acceptors (Lipinski definition) is 4. The fourth-order valence-corrected chi connectivity index (χ4v) is 3.29. The SMILES string of the molecule is Cc1ccc(OCC(=O)N2CCN(c3ccc4ccccc4n3)CC2)cc1. The molecule has 2 aromatic carbocycles. The number of amides is 1. The van der Waals surface area contributed by atoms with E-state index in [1.807, 2.05) is 54.3 Å². The van der Waals surface area contributed by atoms with Gasteiger partial charge >= 0.3 is 0 Å². The Balaban J connectivity index is 1.32. The third kappa shape index (κ3) is 4.03. The summed E-state index contributed by atoms with van der Waals surface area (Å²) < 4.78 is 5.62. The van der Waals surface area contributed by atoms with Crippen LogP contribution in [0.4, 0.5) is 5.82 Å². The number of piperazine rings is 1. The Bertz CT molecular complexity index is 932. The number of pyridine rings is 1. The fourth-order valence-electron chi connectivity index (χ4n) is 3.29. The van der Waals surface area contributed by atoms with Crippen molar-refractivity contribution in [1.29, 1.82) is 0 Å². The van der Waals surface area contributed by atoms with E-state index in [2.05, 4.69) is 23.1 Å². The lowest BCUT2D eigenvalue weighted by molar-refractivity contribution is -0.133. The molecule has 0 radical (unpaired) electrons. The number of rotatable bonds is 4. The highest BCUT2D eigenvalue weighted by atomic mass is 16.5. The summed E-state index contributed by atoms with van der Waals surface area (Å²) in [6, 6.07) is 20.0. The predicted molar refractivity (Wildman–Crippen MR) is 107 cm³/mol. The molecular formula is C22H23N3O2. The maximum atomic E-state index is 12.4. The Morgan fingerprint density at radius 2 is 1.70 bits per heavy atom. The third-order valence-corrected chi connectivity index (χ3v) is 4.92. The van der Waals surface area contributed by atoms with Crippen molar-refractivity contribution in [2.24, 2.45) is 0 Å². The van der Waals surface area contributed by atoms with Crippen molar-refractivity contribution in [3.63, 3.8) is 0 Å². The average molecular weight is 361 g/mol. The molecule has 1 fully saturated rings. The first-order valence-corrected chi connectivity index (χ1v) is 9.27. The standard InChI is InChI=1S/C22H23N3O2/c1-17-6-9-19(10-7-17)27-16-22(26)25-14-12-24(13-15-25)21-11-8-18-4-2-3-5-20(18)23-21/h2-11H,12-16H2,1H3. The van der Waals surface area contributed by atoms with Crippen molar-refractivity contribution in [2.45, 2.75) is 6.92 Å². The molecule has 0 atom stereocenters. The summed E-state index contributed by atoms with van der Waals surface area (Å²) in [4.78, 5) is 21.3. The van der Waals surface area contributed by atoms with Crippen molar-refractivity contribution < 1.29 is 9.53 Å². The Labute approximate surface area is 159 Å². The van der Waals surface area contributed by atoms with Gasteiger partial charge in [0.15, 0.2) is 6.61 Å². The molecule has 0 N–H and O–H groups in total. The molecule has 0 spiro atoms. The molecule has 3 aromatic rings. The number of aryl methyl sites for hydroxylation is 1. The zero-order valence-electron chi connectivity index (χ0n) is 15.5. The summed E-state index contributed by atoms with van der Waals surface area (Å²) in [5.74, 6) is 1.73. The number of para-hydroxylation sites is 1. The number of aromatic nitrogens is 1. The molecule has 138 valence electrons. The first kappa shape index (κ1) is 17.3. The third-order valence-electron chi connectivity index (χ3n) is 4.92. The zero-order chi connectivity index (χ0) is 18.6. The van der Waals surface area contributed by atoms with Crippen LogP contribution in [0.3, 0.4) is 0 Å². The Kier molecular flexibility index (Phi) is 4.92. The second-order valence-corrected chi connectivity index (χ2v) is 6.83. The zero-order valence-corrected chi connectivity index (χ0v) is 15.5. The van der Waals surface area contributed by atoms with Crippen molar-refractivity contribution in [2.75, 3.05) is 37.7 Å². The van der Waals surface area contributed by atoms with E-state index >= 15 is 0 Å². The van der Waals surface area contributed by atoms with Crippen molar-refractivity contribution in [3.05, 3.63) is 66.2 Å². The number of fused-ring (bicyclic) bond motifs is 1. The summed E-state index contributed by atoms with van der Waals surface area (Å²) in [6.07, 6.45) is 0. The van der Waals surface area contributed by atoms with E-state index < -0.39 is 0 Å². The van der Waals surface area contributed by atoms with Crippen LogP contribution in [0.2, 0.25) is 0 Å². The van der Waals surface area contributed by atoms with E-state index in [0.29, 0.717) is 13.1 Å². The summed E-state index contributed by atoms with van der Waals surface area (Å²) in [5.41, 5.74) is 2.17. The second kappa shape index (κ2) is 7.66. The lowest BCUT2D eigenvalue weighted by atomic mass is 10.2. The van der Waals surface area contributed by atoms with Crippen LogP contribution in [0.25, 0.3) is 10.9 Å². The van der Waals surface area contributed by atoms with Crippen LogP contribution in [0.15, 0.2) is 60.7 Å². The quantitative estimate of drug-likeness (QED) is 0.715. The van der Waals surface area contributed by atoms with Gasteiger partial charge in [0.1, 0.15) is 11.6 Å². The van der Waals surface area contributed by atoms with Gasteiger partial charge in [-0.3, -0.25) is 4.79 Å². The maximum absolute atomic E-state index is 12.4. The van der Waals surface area contributed by atoms with Crippen LogP contribution in [-0.2, 0) is 4.79 Å². The monoisotopic (exact) mass is 361 g/mol. The summed E-state index contributed by atoms with van der Waals surface area (Å²) in [6.45, 7) is 5.04. The van der Waals surface area contributed by atoms with Gasteiger partial charge in [0.05, 0.1) is 5.52 Å².